The molecule has 1 N–H and O–H groups in total. The van der Waals surface area contributed by atoms with Gasteiger partial charge in [-0.25, -0.2) is 0 Å². The minimum atomic E-state index is 0.101. The van der Waals surface area contributed by atoms with Gasteiger partial charge >= 0.3 is 0 Å². The Bertz CT molecular complexity index is 339. The molecule has 1 fully saturated rings. The molecule has 1 amide bonds. The second-order valence-corrected chi connectivity index (χ2v) is 4.66. The average molecular weight is 195 g/mol. The third-order valence-electron chi connectivity index (χ3n) is 2.44. The number of rotatable bonds is 2. The summed E-state index contributed by atoms with van der Waals surface area (Å²) in [5, 5.41) is 4.94. The second-order valence-electron chi connectivity index (χ2n) is 3.58. The molecule has 1 aromatic rings. The standard InChI is InChI=1S/C10H13NOS/c1-6-7(2)13-5-9(6)10(12)11-8-3-4-8/h5,8H,3-4H2,1-2H3,(H,11,12). The van der Waals surface area contributed by atoms with Crippen LogP contribution in [0.2, 0.25) is 0 Å². The van der Waals surface area contributed by atoms with Crippen LogP contribution in [0.15, 0.2) is 5.38 Å². The van der Waals surface area contributed by atoms with Crippen molar-refractivity contribution in [2.75, 3.05) is 0 Å². The van der Waals surface area contributed by atoms with Crippen LogP contribution in [0.25, 0.3) is 0 Å². The first kappa shape index (κ1) is 8.75. The Labute approximate surface area is 82.0 Å². The predicted molar refractivity (Wildman–Crippen MR) is 54.3 cm³/mol. The summed E-state index contributed by atoms with van der Waals surface area (Å²) >= 11 is 1.65. The summed E-state index contributed by atoms with van der Waals surface area (Å²) in [6.45, 7) is 4.06. The van der Waals surface area contributed by atoms with Gasteiger partial charge in [-0.05, 0) is 32.3 Å². The molecule has 2 rings (SSSR count). The largest absolute Gasteiger partial charge is 0.349 e. The zero-order chi connectivity index (χ0) is 9.42. The zero-order valence-electron chi connectivity index (χ0n) is 7.89. The Morgan fingerprint density at radius 3 is 2.69 bits per heavy atom. The molecule has 2 nitrogen and oxygen atoms in total. The molecule has 0 spiro atoms. The molecule has 1 heterocycles. The van der Waals surface area contributed by atoms with Crippen molar-refractivity contribution < 1.29 is 4.79 Å². The maximum Gasteiger partial charge on any atom is 0.252 e. The van der Waals surface area contributed by atoms with Crippen molar-refractivity contribution in [3.8, 4) is 0 Å². The number of aryl methyl sites for hydroxylation is 1. The third kappa shape index (κ3) is 1.75. The summed E-state index contributed by atoms with van der Waals surface area (Å²) in [4.78, 5) is 12.9. The number of hydrogen-bond acceptors (Lipinski definition) is 2. The van der Waals surface area contributed by atoms with Crippen LogP contribution >= 0.6 is 11.3 Å². The van der Waals surface area contributed by atoms with E-state index in [4.69, 9.17) is 0 Å². The molecule has 0 radical (unpaired) electrons. The van der Waals surface area contributed by atoms with Crippen molar-refractivity contribution >= 4 is 17.2 Å². The van der Waals surface area contributed by atoms with Crippen molar-refractivity contribution in [2.24, 2.45) is 0 Å². The number of carbonyl (C=O) groups is 1. The molecule has 0 bridgehead atoms. The first-order valence-electron chi connectivity index (χ1n) is 4.54. The Balaban J connectivity index is 2.14. The summed E-state index contributed by atoms with van der Waals surface area (Å²) in [5.74, 6) is 0.101. The smallest absolute Gasteiger partial charge is 0.252 e. The topological polar surface area (TPSA) is 29.1 Å². The van der Waals surface area contributed by atoms with Crippen LogP contribution in [-0.4, -0.2) is 11.9 Å². The molecule has 0 unspecified atom stereocenters. The molecular weight excluding hydrogens is 182 g/mol. The summed E-state index contributed by atoms with van der Waals surface area (Å²) in [5.41, 5.74) is 1.98. The van der Waals surface area contributed by atoms with Crippen LogP contribution in [-0.2, 0) is 0 Å². The molecule has 3 heteroatoms. The van der Waals surface area contributed by atoms with Gasteiger partial charge in [0.25, 0.3) is 5.91 Å². The van der Waals surface area contributed by atoms with Crippen molar-refractivity contribution in [3.63, 3.8) is 0 Å². The Morgan fingerprint density at radius 2 is 2.23 bits per heavy atom. The van der Waals surface area contributed by atoms with Gasteiger partial charge in [-0.15, -0.1) is 11.3 Å². The van der Waals surface area contributed by atoms with Gasteiger partial charge in [0.05, 0.1) is 5.56 Å². The molecule has 1 aliphatic rings. The first-order chi connectivity index (χ1) is 6.18. The maximum atomic E-state index is 11.6. The molecule has 0 aromatic carbocycles. The van der Waals surface area contributed by atoms with Crippen LogP contribution in [0.1, 0.15) is 33.6 Å². The van der Waals surface area contributed by atoms with Gasteiger partial charge in [0.1, 0.15) is 0 Å². The summed E-state index contributed by atoms with van der Waals surface area (Å²) in [6.07, 6.45) is 2.29. The van der Waals surface area contributed by atoms with Crippen LogP contribution in [0.4, 0.5) is 0 Å². The highest BCUT2D eigenvalue weighted by molar-refractivity contribution is 7.10. The minimum Gasteiger partial charge on any atom is -0.349 e. The summed E-state index contributed by atoms with van der Waals surface area (Å²) in [7, 11) is 0. The van der Waals surface area contributed by atoms with Crippen LogP contribution in [0, 0.1) is 13.8 Å². The number of nitrogens with one attached hydrogen (secondary N) is 1. The Hall–Kier alpha value is -0.830. The van der Waals surface area contributed by atoms with E-state index in [1.165, 1.54) is 4.88 Å². The second kappa shape index (κ2) is 3.14. The van der Waals surface area contributed by atoms with Gasteiger partial charge in [0.15, 0.2) is 0 Å². The van der Waals surface area contributed by atoms with E-state index in [1.54, 1.807) is 11.3 Å². The normalized spacial score (nSPS) is 15.8. The minimum absolute atomic E-state index is 0.101. The molecule has 1 aromatic heterocycles. The van der Waals surface area contributed by atoms with E-state index < -0.39 is 0 Å². The van der Waals surface area contributed by atoms with Gasteiger partial charge in [-0.1, -0.05) is 0 Å². The fourth-order valence-corrected chi connectivity index (χ4v) is 2.09. The lowest BCUT2D eigenvalue weighted by Gasteiger charge is -2.01. The van der Waals surface area contributed by atoms with E-state index in [1.807, 2.05) is 19.2 Å². The van der Waals surface area contributed by atoms with E-state index in [0.29, 0.717) is 6.04 Å². The third-order valence-corrected chi connectivity index (χ3v) is 3.46. The zero-order valence-corrected chi connectivity index (χ0v) is 8.70. The van der Waals surface area contributed by atoms with Gasteiger partial charge in [0.2, 0.25) is 0 Å². The number of thiophene rings is 1. The number of amides is 1. The fraction of sp³-hybridized carbons (Fsp3) is 0.500. The highest BCUT2D eigenvalue weighted by Gasteiger charge is 2.24. The maximum absolute atomic E-state index is 11.6. The van der Waals surface area contributed by atoms with Crippen molar-refractivity contribution in [1.29, 1.82) is 0 Å². The molecule has 0 saturated heterocycles. The molecule has 1 saturated carbocycles. The molecule has 0 atom stereocenters. The lowest BCUT2D eigenvalue weighted by Crippen LogP contribution is -2.25. The SMILES string of the molecule is Cc1scc(C(=O)NC2CC2)c1C. The van der Waals surface area contributed by atoms with Crippen LogP contribution < -0.4 is 5.32 Å². The lowest BCUT2D eigenvalue weighted by molar-refractivity contribution is 0.0951. The van der Waals surface area contributed by atoms with E-state index >= 15 is 0 Å². The van der Waals surface area contributed by atoms with Gasteiger partial charge in [-0.3, -0.25) is 4.79 Å². The quantitative estimate of drug-likeness (QED) is 0.770. The van der Waals surface area contributed by atoms with E-state index in [0.717, 1.165) is 24.0 Å². The van der Waals surface area contributed by atoms with E-state index in [-0.39, 0.29) is 5.91 Å². The van der Waals surface area contributed by atoms with E-state index in [9.17, 15) is 4.79 Å². The molecular formula is C10H13NOS. The van der Waals surface area contributed by atoms with Gasteiger partial charge in [0, 0.05) is 16.3 Å². The Kier molecular flexibility index (Phi) is 2.12. The molecule has 13 heavy (non-hydrogen) atoms. The number of hydrogen-bond donors (Lipinski definition) is 1. The Morgan fingerprint density at radius 1 is 1.54 bits per heavy atom. The monoisotopic (exact) mass is 195 g/mol. The molecule has 0 aliphatic heterocycles. The number of carbonyl (C=O) groups excluding carboxylic acids is 1. The first-order valence-corrected chi connectivity index (χ1v) is 5.42. The molecule has 70 valence electrons. The van der Waals surface area contributed by atoms with Crippen molar-refractivity contribution in [1.82, 2.24) is 5.32 Å². The van der Waals surface area contributed by atoms with E-state index in [2.05, 4.69) is 5.32 Å². The van der Waals surface area contributed by atoms with Crippen molar-refractivity contribution in [3.05, 3.63) is 21.4 Å². The highest BCUT2D eigenvalue weighted by atomic mass is 32.1. The average Bonchev–Trinajstić information content (AvgIpc) is 2.82. The van der Waals surface area contributed by atoms with Gasteiger partial charge < -0.3 is 5.32 Å². The van der Waals surface area contributed by atoms with Crippen LogP contribution in [0.3, 0.4) is 0 Å². The predicted octanol–water partition coefficient (Wildman–Crippen LogP) is 2.26. The summed E-state index contributed by atoms with van der Waals surface area (Å²) < 4.78 is 0. The fourth-order valence-electron chi connectivity index (χ4n) is 1.23. The van der Waals surface area contributed by atoms with Gasteiger partial charge in [-0.2, -0.15) is 0 Å². The highest BCUT2D eigenvalue weighted by Crippen LogP contribution is 2.23. The van der Waals surface area contributed by atoms with Crippen molar-refractivity contribution in [2.45, 2.75) is 32.7 Å². The molecule has 1 aliphatic carbocycles. The summed E-state index contributed by atoms with van der Waals surface area (Å²) in [6, 6.07) is 0.451. The lowest BCUT2D eigenvalue weighted by atomic mass is 10.1. The van der Waals surface area contributed by atoms with Crippen LogP contribution in [0.5, 0.6) is 0 Å².